The molecule has 0 saturated carbocycles. The van der Waals surface area contributed by atoms with Crippen molar-refractivity contribution in [3.05, 3.63) is 65.2 Å². The van der Waals surface area contributed by atoms with E-state index in [0.29, 0.717) is 23.5 Å². The lowest BCUT2D eigenvalue weighted by Crippen LogP contribution is -2.08. The van der Waals surface area contributed by atoms with Crippen molar-refractivity contribution in [2.24, 2.45) is 0 Å². The maximum absolute atomic E-state index is 11.3. The van der Waals surface area contributed by atoms with E-state index in [1.54, 1.807) is 25.3 Å². The van der Waals surface area contributed by atoms with Crippen molar-refractivity contribution >= 4 is 5.97 Å². The standard InChI is InChI=1S/C22H20O4/c1-4-22(26-17(2)23)21-13-12-20(24-3)15-19(21)11-8-14-25-16-18-9-6-5-7-10-18/h1,5-7,9-10,12-13,15,22H,14,16H2,2-3H3. The lowest BCUT2D eigenvalue weighted by Gasteiger charge is -2.14. The summed E-state index contributed by atoms with van der Waals surface area (Å²) >= 11 is 0. The van der Waals surface area contributed by atoms with Crippen LogP contribution in [0.25, 0.3) is 0 Å². The van der Waals surface area contributed by atoms with Gasteiger partial charge in [-0.3, -0.25) is 4.79 Å². The van der Waals surface area contributed by atoms with Gasteiger partial charge in [0.05, 0.1) is 13.7 Å². The molecule has 0 spiro atoms. The SMILES string of the molecule is C#CC(OC(C)=O)c1ccc(OC)cc1C#CCOCc1ccccc1. The van der Waals surface area contributed by atoms with Gasteiger partial charge in [0.15, 0.2) is 6.10 Å². The molecule has 4 nitrogen and oxygen atoms in total. The first kappa shape index (κ1) is 19.1. The molecule has 1 atom stereocenters. The Balaban J connectivity index is 2.11. The Morgan fingerprint density at radius 1 is 1.19 bits per heavy atom. The first-order chi connectivity index (χ1) is 12.6. The second-order valence-electron chi connectivity index (χ2n) is 5.39. The van der Waals surface area contributed by atoms with Crippen molar-refractivity contribution in [2.45, 2.75) is 19.6 Å². The van der Waals surface area contributed by atoms with Crippen LogP contribution in [0.3, 0.4) is 0 Å². The first-order valence-electron chi connectivity index (χ1n) is 8.06. The van der Waals surface area contributed by atoms with Gasteiger partial charge in [0.2, 0.25) is 0 Å². The number of terminal acetylenes is 1. The van der Waals surface area contributed by atoms with Crippen LogP contribution in [0.15, 0.2) is 48.5 Å². The fourth-order valence-electron chi connectivity index (χ4n) is 2.28. The highest BCUT2D eigenvalue weighted by atomic mass is 16.5. The molecule has 0 aliphatic carbocycles. The molecule has 0 amide bonds. The van der Waals surface area contributed by atoms with Crippen LogP contribution in [-0.4, -0.2) is 19.7 Å². The molecule has 132 valence electrons. The highest BCUT2D eigenvalue weighted by Crippen LogP contribution is 2.25. The Hall–Kier alpha value is -3.21. The van der Waals surface area contributed by atoms with Crippen molar-refractivity contribution in [1.82, 2.24) is 0 Å². The Kier molecular flexibility index (Phi) is 7.31. The molecule has 0 heterocycles. The number of methoxy groups -OCH3 is 1. The fraction of sp³-hybridized carbons (Fsp3) is 0.227. The van der Waals surface area contributed by atoms with Gasteiger partial charge in [-0.2, -0.15) is 0 Å². The fourth-order valence-corrected chi connectivity index (χ4v) is 2.28. The maximum Gasteiger partial charge on any atom is 0.304 e. The predicted molar refractivity (Wildman–Crippen MR) is 99.3 cm³/mol. The molecule has 0 bridgehead atoms. The van der Waals surface area contributed by atoms with Gasteiger partial charge in [0.25, 0.3) is 0 Å². The zero-order valence-corrected chi connectivity index (χ0v) is 14.8. The maximum atomic E-state index is 11.3. The smallest absolute Gasteiger partial charge is 0.304 e. The Morgan fingerprint density at radius 3 is 2.62 bits per heavy atom. The monoisotopic (exact) mass is 348 g/mol. The number of carbonyl (C=O) groups excluding carboxylic acids is 1. The molecule has 0 aliphatic rings. The van der Waals surface area contributed by atoms with Gasteiger partial charge in [-0.25, -0.2) is 0 Å². The molecule has 1 unspecified atom stereocenters. The van der Waals surface area contributed by atoms with Gasteiger partial charge in [0, 0.05) is 18.1 Å². The summed E-state index contributed by atoms with van der Waals surface area (Å²) in [4.78, 5) is 11.3. The average molecular weight is 348 g/mol. The van der Waals surface area contributed by atoms with Crippen LogP contribution < -0.4 is 4.74 Å². The Morgan fingerprint density at radius 2 is 1.96 bits per heavy atom. The Labute approximate surface area is 154 Å². The van der Waals surface area contributed by atoms with Crippen LogP contribution >= 0.6 is 0 Å². The number of hydrogen-bond acceptors (Lipinski definition) is 4. The molecule has 0 aromatic heterocycles. The van der Waals surface area contributed by atoms with E-state index in [0.717, 1.165) is 5.56 Å². The quantitative estimate of drug-likeness (QED) is 0.455. The van der Waals surface area contributed by atoms with E-state index in [4.69, 9.17) is 20.6 Å². The summed E-state index contributed by atoms with van der Waals surface area (Å²) in [5, 5.41) is 0. The van der Waals surface area contributed by atoms with E-state index in [2.05, 4.69) is 17.8 Å². The molecule has 26 heavy (non-hydrogen) atoms. The third kappa shape index (κ3) is 5.70. The Bertz CT molecular complexity index is 838. The number of rotatable bonds is 6. The molecule has 2 rings (SSSR count). The summed E-state index contributed by atoms with van der Waals surface area (Å²) in [7, 11) is 1.57. The summed E-state index contributed by atoms with van der Waals surface area (Å²) < 4.78 is 16.0. The van der Waals surface area contributed by atoms with Gasteiger partial charge in [-0.05, 0) is 23.8 Å². The van der Waals surface area contributed by atoms with E-state index in [1.165, 1.54) is 6.92 Å². The highest BCUT2D eigenvalue weighted by molar-refractivity contribution is 5.67. The molecule has 0 fully saturated rings. The number of benzene rings is 2. The third-order valence-electron chi connectivity index (χ3n) is 3.49. The van der Waals surface area contributed by atoms with Crippen LogP contribution in [-0.2, 0) is 20.9 Å². The van der Waals surface area contributed by atoms with E-state index >= 15 is 0 Å². The van der Waals surface area contributed by atoms with E-state index < -0.39 is 12.1 Å². The van der Waals surface area contributed by atoms with Gasteiger partial charge >= 0.3 is 5.97 Å². The summed E-state index contributed by atoms with van der Waals surface area (Å²) in [6.45, 7) is 2.07. The topological polar surface area (TPSA) is 44.8 Å². The molecule has 4 heteroatoms. The van der Waals surface area contributed by atoms with E-state index in [-0.39, 0.29) is 6.61 Å². The minimum absolute atomic E-state index is 0.264. The normalized spacial score (nSPS) is 10.8. The lowest BCUT2D eigenvalue weighted by atomic mass is 10.0. The van der Waals surface area contributed by atoms with Crippen molar-refractivity contribution in [1.29, 1.82) is 0 Å². The molecular formula is C22H20O4. The third-order valence-corrected chi connectivity index (χ3v) is 3.49. The molecule has 0 saturated heterocycles. The number of carbonyl (C=O) groups is 1. The summed E-state index contributed by atoms with van der Waals surface area (Å²) in [5.41, 5.74) is 2.36. The second kappa shape index (κ2) is 9.93. The summed E-state index contributed by atoms with van der Waals surface area (Å²) in [6, 6.07) is 15.1. The van der Waals surface area contributed by atoms with Crippen molar-refractivity contribution in [2.75, 3.05) is 13.7 Å². The van der Waals surface area contributed by atoms with Crippen molar-refractivity contribution in [3.8, 4) is 29.9 Å². The van der Waals surface area contributed by atoms with Crippen LogP contribution in [0.2, 0.25) is 0 Å². The summed E-state index contributed by atoms with van der Waals surface area (Å²) in [5.74, 6) is 8.64. The zero-order chi connectivity index (χ0) is 18.8. The van der Waals surface area contributed by atoms with Crippen molar-refractivity contribution in [3.63, 3.8) is 0 Å². The summed E-state index contributed by atoms with van der Waals surface area (Å²) in [6.07, 6.45) is 4.70. The molecule has 2 aromatic carbocycles. The van der Waals surface area contributed by atoms with Gasteiger partial charge in [-0.1, -0.05) is 48.1 Å². The minimum atomic E-state index is -0.798. The van der Waals surface area contributed by atoms with Crippen LogP contribution in [0, 0.1) is 24.2 Å². The minimum Gasteiger partial charge on any atom is -0.497 e. The molecule has 0 N–H and O–H groups in total. The molecule has 0 aliphatic heterocycles. The first-order valence-corrected chi connectivity index (χ1v) is 8.06. The van der Waals surface area contributed by atoms with Crippen molar-refractivity contribution < 1.29 is 19.0 Å². The van der Waals surface area contributed by atoms with Gasteiger partial charge in [-0.15, -0.1) is 6.42 Å². The second-order valence-corrected chi connectivity index (χ2v) is 5.39. The number of hydrogen-bond donors (Lipinski definition) is 0. The largest absolute Gasteiger partial charge is 0.497 e. The van der Waals surface area contributed by atoms with E-state index in [1.807, 2.05) is 30.3 Å². The average Bonchev–Trinajstić information content (AvgIpc) is 2.66. The predicted octanol–water partition coefficient (Wildman–Crippen LogP) is 3.50. The number of ether oxygens (including phenoxy) is 3. The molecule has 2 aromatic rings. The van der Waals surface area contributed by atoms with Gasteiger partial charge < -0.3 is 14.2 Å². The highest BCUT2D eigenvalue weighted by Gasteiger charge is 2.15. The lowest BCUT2D eigenvalue weighted by molar-refractivity contribution is -0.144. The zero-order valence-electron chi connectivity index (χ0n) is 14.8. The molecule has 0 radical (unpaired) electrons. The van der Waals surface area contributed by atoms with Gasteiger partial charge in [0.1, 0.15) is 12.4 Å². The van der Waals surface area contributed by atoms with Crippen LogP contribution in [0.4, 0.5) is 0 Å². The molecular weight excluding hydrogens is 328 g/mol. The number of esters is 1. The van der Waals surface area contributed by atoms with E-state index in [9.17, 15) is 4.79 Å². The van der Waals surface area contributed by atoms with Crippen LogP contribution in [0.1, 0.15) is 29.7 Å². The van der Waals surface area contributed by atoms with Crippen LogP contribution in [0.5, 0.6) is 5.75 Å².